The molecule has 1 N–H and O–H groups in total. The van der Waals surface area contributed by atoms with Crippen LogP contribution in [0.1, 0.15) is 42.1 Å². The van der Waals surface area contributed by atoms with Crippen LogP contribution in [0.3, 0.4) is 0 Å². The molecule has 0 radical (unpaired) electrons. The summed E-state index contributed by atoms with van der Waals surface area (Å²) < 4.78 is 0. The number of aryl methyl sites for hydroxylation is 2. The second-order valence-corrected chi connectivity index (χ2v) is 5.40. The molecule has 0 saturated heterocycles. The molecular formula is C19H25N. The van der Waals surface area contributed by atoms with Gasteiger partial charge < -0.3 is 5.32 Å². The lowest BCUT2D eigenvalue weighted by Crippen LogP contribution is -2.23. The van der Waals surface area contributed by atoms with Crippen LogP contribution in [-0.2, 0) is 12.8 Å². The van der Waals surface area contributed by atoms with Crippen molar-refractivity contribution in [3.63, 3.8) is 0 Å². The number of nitrogens with one attached hydrogen (secondary N) is 1. The fraction of sp³-hybridized carbons (Fsp3) is 0.368. The van der Waals surface area contributed by atoms with Gasteiger partial charge in [-0.2, -0.15) is 0 Å². The molecule has 1 nitrogen and oxygen atoms in total. The van der Waals surface area contributed by atoms with Crippen LogP contribution < -0.4 is 5.32 Å². The lowest BCUT2D eigenvalue weighted by Gasteiger charge is -2.19. The van der Waals surface area contributed by atoms with Gasteiger partial charge in [0.25, 0.3) is 0 Å². The monoisotopic (exact) mass is 267 g/mol. The summed E-state index contributed by atoms with van der Waals surface area (Å²) in [6.07, 6.45) is 2.14. The Morgan fingerprint density at radius 2 is 1.70 bits per heavy atom. The molecule has 0 spiro atoms. The fourth-order valence-electron chi connectivity index (χ4n) is 2.66. The summed E-state index contributed by atoms with van der Waals surface area (Å²) >= 11 is 0. The predicted octanol–water partition coefficient (Wildman–Crippen LogP) is 4.45. The Bertz CT molecular complexity index is 545. The van der Waals surface area contributed by atoms with Gasteiger partial charge in [0.2, 0.25) is 0 Å². The third-order valence-corrected chi connectivity index (χ3v) is 3.73. The van der Waals surface area contributed by atoms with Crippen molar-refractivity contribution in [1.82, 2.24) is 5.32 Å². The molecule has 1 atom stereocenters. The number of hydrogen-bond donors (Lipinski definition) is 1. The summed E-state index contributed by atoms with van der Waals surface area (Å²) in [7, 11) is 0. The molecule has 0 amide bonds. The van der Waals surface area contributed by atoms with Crippen molar-refractivity contribution in [3.8, 4) is 0 Å². The van der Waals surface area contributed by atoms with Gasteiger partial charge in [-0.15, -0.1) is 0 Å². The van der Waals surface area contributed by atoms with Crippen molar-refractivity contribution in [3.05, 3.63) is 70.8 Å². The molecule has 0 fully saturated rings. The number of hydrogen-bond acceptors (Lipinski definition) is 1. The second kappa shape index (κ2) is 7.25. The van der Waals surface area contributed by atoms with Gasteiger partial charge in [0.05, 0.1) is 0 Å². The Morgan fingerprint density at radius 3 is 2.40 bits per heavy atom. The summed E-state index contributed by atoms with van der Waals surface area (Å²) in [5.74, 6) is 0. The first-order valence-electron chi connectivity index (χ1n) is 7.60. The predicted molar refractivity (Wildman–Crippen MR) is 87.1 cm³/mol. The number of rotatable bonds is 6. The second-order valence-electron chi connectivity index (χ2n) is 5.40. The zero-order valence-electron chi connectivity index (χ0n) is 12.8. The van der Waals surface area contributed by atoms with Crippen molar-refractivity contribution in [2.45, 2.75) is 39.7 Å². The SMILES string of the molecule is CCNC(Cc1cccc(C)c1)c1cccc(CC)c1. The van der Waals surface area contributed by atoms with Gasteiger partial charge in [-0.1, -0.05) is 67.9 Å². The highest BCUT2D eigenvalue weighted by molar-refractivity contribution is 5.29. The molecule has 20 heavy (non-hydrogen) atoms. The van der Waals surface area contributed by atoms with Crippen LogP contribution in [0.5, 0.6) is 0 Å². The van der Waals surface area contributed by atoms with E-state index in [0.29, 0.717) is 6.04 Å². The van der Waals surface area contributed by atoms with Crippen LogP contribution in [0.2, 0.25) is 0 Å². The van der Waals surface area contributed by atoms with E-state index in [1.54, 1.807) is 0 Å². The lowest BCUT2D eigenvalue weighted by molar-refractivity contribution is 0.549. The molecule has 0 aromatic heterocycles. The minimum absolute atomic E-state index is 0.397. The summed E-state index contributed by atoms with van der Waals surface area (Å²) in [5, 5.41) is 3.62. The largest absolute Gasteiger partial charge is 0.310 e. The van der Waals surface area contributed by atoms with E-state index in [2.05, 4.69) is 74.6 Å². The van der Waals surface area contributed by atoms with E-state index < -0.39 is 0 Å². The summed E-state index contributed by atoms with van der Waals surface area (Å²) in [6.45, 7) is 7.53. The van der Waals surface area contributed by atoms with Gasteiger partial charge in [0.15, 0.2) is 0 Å². The maximum atomic E-state index is 3.62. The lowest BCUT2D eigenvalue weighted by atomic mass is 9.96. The zero-order chi connectivity index (χ0) is 14.4. The highest BCUT2D eigenvalue weighted by atomic mass is 14.9. The van der Waals surface area contributed by atoms with Crippen molar-refractivity contribution < 1.29 is 0 Å². The van der Waals surface area contributed by atoms with Crippen molar-refractivity contribution in [1.29, 1.82) is 0 Å². The minimum atomic E-state index is 0.397. The molecule has 2 aromatic rings. The molecule has 2 rings (SSSR count). The van der Waals surface area contributed by atoms with E-state index in [1.807, 2.05) is 0 Å². The summed E-state index contributed by atoms with van der Waals surface area (Å²) in [5.41, 5.74) is 5.54. The van der Waals surface area contributed by atoms with Crippen LogP contribution in [0.4, 0.5) is 0 Å². The average Bonchev–Trinajstić information content (AvgIpc) is 2.47. The minimum Gasteiger partial charge on any atom is -0.310 e. The smallest absolute Gasteiger partial charge is 0.0360 e. The molecule has 106 valence electrons. The highest BCUT2D eigenvalue weighted by Crippen LogP contribution is 2.20. The first-order valence-corrected chi connectivity index (χ1v) is 7.60. The average molecular weight is 267 g/mol. The van der Waals surface area contributed by atoms with Gasteiger partial charge in [0.1, 0.15) is 0 Å². The zero-order valence-corrected chi connectivity index (χ0v) is 12.8. The molecule has 1 unspecified atom stereocenters. The summed E-state index contributed by atoms with van der Waals surface area (Å²) in [6, 6.07) is 18.2. The van der Waals surface area contributed by atoms with E-state index in [-0.39, 0.29) is 0 Å². The molecule has 1 heteroatoms. The van der Waals surface area contributed by atoms with Gasteiger partial charge in [-0.05, 0) is 43.0 Å². The molecule has 0 bridgehead atoms. The maximum Gasteiger partial charge on any atom is 0.0360 e. The Hall–Kier alpha value is -1.60. The molecule has 0 heterocycles. The van der Waals surface area contributed by atoms with Gasteiger partial charge in [0, 0.05) is 6.04 Å². The first kappa shape index (κ1) is 14.8. The number of benzene rings is 2. The molecule has 0 saturated carbocycles. The van der Waals surface area contributed by atoms with Crippen LogP contribution >= 0.6 is 0 Å². The normalized spacial score (nSPS) is 12.3. The van der Waals surface area contributed by atoms with E-state index in [0.717, 1.165) is 19.4 Å². The molecule has 2 aromatic carbocycles. The van der Waals surface area contributed by atoms with Crippen LogP contribution in [0.15, 0.2) is 48.5 Å². The molecule has 0 aliphatic heterocycles. The van der Waals surface area contributed by atoms with E-state index in [1.165, 1.54) is 22.3 Å². The van der Waals surface area contributed by atoms with E-state index >= 15 is 0 Å². The highest BCUT2D eigenvalue weighted by Gasteiger charge is 2.11. The Kier molecular flexibility index (Phi) is 5.37. The van der Waals surface area contributed by atoms with Crippen molar-refractivity contribution in [2.24, 2.45) is 0 Å². The van der Waals surface area contributed by atoms with Crippen LogP contribution in [0, 0.1) is 6.92 Å². The van der Waals surface area contributed by atoms with Gasteiger partial charge in [-0.3, -0.25) is 0 Å². The topological polar surface area (TPSA) is 12.0 Å². The molecule has 0 aliphatic carbocycles. The van der Waals surface area contributed by atoms with Gasteiger partial charge >= 0.3 is 0 Å². The summed E-state index contributed by atoms with van der Waals surface area (Å²) in [4.78, 5) is 0. The molecule has 0 aliphatic rings. The van der Waals surface area contributed by atoms with Crippen LogP contribution in [-0.4, -0.2) is 6.54 Å². The van der Waals surface area contributed by atoms with Crippen molar-refractivity contribution in [2.75, 3.05) is 6.54 Å². The maximum absolute atomic E-state index is 3.62. The third kappa shape index (κ3) is 3.94. The Labute approximate surface area is 123 Å². The van der Waals surface area contributed by atoms with Gasteiger partial charge in [-0.25, -0.2) is 0 Å². The third-order valence-electron chi connectivity index (χ3n) is 3.73. The fourth-order valence-corrected chi connectivity index (χ4v) is 2.66. The Morgan fingerprint density at radius 1 is 0.950 bits per heavy atom. The Balaban J connectivity index is 2.21. The van der Waals surface area contributed by atoms with E-state index in [4.69, 9.17) is 0 Å². The number of likely N-dealkylation sites (N-methyl/N-ethyl adjacent to an activating group) is 1. The van der Waals surface area contributed by atoms with Crippen molar-refractivity contribution >= 4 is 0 Å². The standard InChI is InChI=1S/C19H25N/c1-4-16-9-7-11-18(13-16)19(20-5-2)14-17-10-6-8-15(3)12-17/h6-13,19-20H,4-5,14H2,1-3H3. The van der Waals surface area contributed by atoms with Crippen LogP contribution in [0.25, 0.3) is 0 Å². The van der Waals surface area contributed by atoms with E-state index in [9.17, 15) is 0 Å². The quantitative estimate of drug-likeness (QED) is 0.815. The molecular weight excluding hydrogens is 242 g/mol. The first-order chi connectivity index (χ1) is 9.72.